The quantitative estimate of drug-likeness (QED) is 0.0960. The molecule has 0 saturated heterocycles. The zero-order chi connectivity index (χ0) is 33.4. The number of nitrogens with two attached hydrogens (primary N) is 1. The summed E-state index contributed by atoms with van der Waals surface area (Å²) in [5, 5.41) is 47.8. The lowest BCUT2D eigenvalue weighted by atomic mass is 10.0. The van der Waals surface area contributed by atoms with E-state index >= 15 is 0 Å². The number of aromatic amines is 1. The van der Waals surface area contributed by atoms with Crippen LogP contribution in [0.5, 0.6) is 11.5 Å². The Labute approximate surface area is 264 Å². The van der Waals surface area contributed by atoms with Gasteiger partial charge >= 0.3 is 5.97 Å². The van der Waals surface area contributed by atoms with Crippen molar-refractivity contribution < 1.29 is 39.6 Å². The predicted octanol–water partition coefficient (Wildman–Crippen LogP) is 0.854. The molecular weight excluding hydrogens is 594 g/mol. The first kappa shape index (κ1) is 33.5. The van der Waals surface area contributed by atoms with Gasteiger partial charge in [-0.2, -0.15) is 0 Å². The minimum absolute atomic E-state index is 0.00355. The number of nitrogens with one attached hydrogen (secondary N) is 4. The number of carbonyl (C=O) groups excluding carboxylic acids is 3. The molecule has 13 heteroatoms. The van der Waals surface area contributed by atoms with E-state index in [4.69, 9.17) is 5.73 Å². The van der Waals surface area contributed by atoms with Crippen LogP contribution in [0.15, 0.2) is 79.0 Å². The van der Waals surface area contributed by atoms with E-state index in [0.29, 0.717) is 16.7 Å². The summed E-state index contributed by atoms with van der Waals surface area (Å²) in [5.41, 5.74) is 8.81. The highest BCUT2D eigenvalue weighted by Gasteiger charge is 2.33. The van der Waals surface area contributed by atoms with Gasteiger partial charge in [0.05, 0.1) is 12.1 Å². The Bertz CT molecular complexity index is 1670. The van der Waals surface area contributed by atoms with Gasteiger partial charge in [-0.15, -0.1) is 0 Å². The normalized spacial score (nSPS) is 14.4. The van der Waals surface area contributed by atoms with Gasteiger partial charge in [0.25, 0.3) is 0 Å². The van der Waals surface area contributed by atoms with Crippen LogP contribution in [0.25, 0.3) is 10.9 Å². The van der Waals surface area contributed by atoms with Crippen molar-refractivity contribution >= 4 is 34.6 Å². The van der Waals surface area contributed by atoms with Gasteiger partial charge in [0.1, 0.15) is 29.6 Å². The van der Waals surface area contributed by atoms with E-state index in [9.17, 15) is 39.6 Å². The summed E-state index contributed by atoms with van der Waals surface area (Å²) in [6.45, 7) is 1.26. The van der Waals surface area contributed by atoms with Crippen molar-refractivity contribution in [2.24, 2.45) is 5.73 Å². The third-order valence-electron chi connectivity index (χ3n) is 7.51. The van der Waals surface area contributed by atoms with Crippen molar-refractivity contribution in [1.82, 2.24) is 20.9 Å². The van der Waals surface area contributed by atoms with Gasteiger partial charge < -0.3 is 47.1 Å². The third-order valence-corrected chi connectivity index (χ3v) is 7.51. The molecule has 10 N–H and O–H groups in total. The zero-order valence-electron chi connectivity index (χ0n) is 25.0. The first-order valence-corrected chi connectivity index (χ1v) is 14.6. The Morgan fingerprint density at radius 3 is 1.89 bits per heavy atom. The number of rotatable bonds is 14. The molecule has 1 heterocycles. The van der Waals surface area contributed by atoms with Crippen LogP contribution in [0.2, 0.25) is 0 Å². The highest BCUT2D eigenvalue weighted by molar-refractivity contribution is 5.95. The standard InChI is InChI=1S/C33H37N5O8/c1-18(39)29(32(44)37-28(33(45)46)16-21-17-35-26-5-3-2-4-24(21)26)38-31(43)27(15-20-8-12-23(41)13-9-20)36-30(42)25(34)14-19-6-10-22(40)11-7-19/h2-13,17-18,25,27-29,35,39-41H,14-16,34H2,1H3,(H,36,42)(H,37,44)(H,38,43)(H,45,46). The fourth-order valence-corrected chi connectivity index (χ4v) is 4.98. The number of fused-ring (bicyclic) bond motifs is 1. The lowest BCUT2D eigenvalue weighted by Crippen LogP contribution is -2.60. The lowest BCUT2D eigenvalue weighted by molar-refractivity contribution is -0.143. The molecule has 46 heavy (non-hydrogen) atoms. The van der Waals surface area contributed by atoms with Crippen molar-refractivity contribution in [1.29, 1.82) is 0 Å². The van der Waals surface area contributed by atoms with E-state index in [1.54, 1.807) is 36.5 Å². The SMILES string of the molecule is CC(O)C(NC(=O)C(Cc1ccc(O)cc1)NC(=O)C(N)Cc1ccc(O)cc1)C(=O)NC(Cc1c[nH]c2ccccc12)C(=O)O. The van der Waals surface area contributed by atoms with Crippen LogP contribution in [0.1, 0.15) is 23.6 Å². The minimum Gasteiger partial charge on any atom is -0.508 e. The number of carboxylic acid groups (broad SMARTS) is 1. The zero-order valence-corrected chi connectivity index (χ0v) is 25.0. The summed E-state index contributed by atoms with van der Waals surface area (Å²) in [5.74, 6) is -3.70. The van der Waals surface area contributed by atoms with Crippen molar-refractivity contribution in [2.75, 3.05) is 0 Å². The number of phenolic OH excluding ortho intramolecular Hbond substituents is 2. The van der Waals surface area contributed by atoms with E-state index in [2.05, 4.69) is 20.9 Å². The molecule has 0 saturated carbocycles. The van der Waals surface area contributed by atoms with Gasteiger partial charge in [-0.3, -0.25) is 14.4 Å². The molecule has 0 aliphatic rings. The molecule has 5 atom stereocenters. The second-order valence-electron chi connectivity index (χ2n) is 11.1. The molecule has 1 aromatic heterocycles. The number of phenols is 2. The first-order valence-electron chi connectivity index (χ1n) is 14.6. The van der Waals surface area contributed by atoms with E-state index in [1.165, 1.54) is 31.2 Å². The van der Waals surface area contributed by atoms with Gasteiger partial charge in [0.2, 0.25) is 17.7 Å². The third kappa shape index (κ3) is 8.83. The minimum atomic E-state index is -1.57. The van der Waals surface area contributed by atoms with Gasteiger partial charge in [-0.25, -0.2) is 4.79 Å². The second-order valence-corrected chi connectivity index (χ2v) is 11.1. The molecule has 0 spiro atoms. The van der Waals surface area contributed by atoms with Crippen LogP contribution < -0.4 is 21.7 Å². The number of aromatic nitrogens is 1. The molecule has 0 fully saturated rings. The Balaban J connectivity index is 1.48. The summed E-state index contributed by atoms with van der Waals surface area (Å²) >= 11 is 0. The molecule has 0 bridgehead atoms. The Morgan fingerprint density at radius 2 is 1.30 bits per heavy atom. The highest BCUT2D eigenvalue weighted by atomic mass is 16.4. The Kier molecular flexibility index (Phi) is 11.0. The van der Waals surface area contributed by atoms with E-state index in [0.717, 1.165) is 10.9 Å². The van der Waals surface area contributed by atoms with E-state index in [1.807, 2.05) is 18.2 Å². The maximum absolute atomic E-state index is 13.6. The number of aliphatic carboxylic acids is 1. The predicted molar refractivity (Wildman–Crippen MR) is 169 cm³/mol. The van der Waals surface area contributed by atoms with Gasteiger partial charge in [-0.05, 0) is 60.4 Å². The molecule has 0 aliphatic carbocycles. The number of H-pyrrole nitrogens is 1. The van der Waals surface area contributed by atoms with Crippen LogP contribution in [0, 0.1) is 0 Å². The first-order chi connectivity index (χ1) is 21.9. The number of benzene rings is 3. The van der Waals surface area contributed by atoms with Crippen molar-refractivity contribution in [3.8, 4) is 11.5 Å². The molecule has 13 nitrogen and oxygen atoms in total. The molecule has 3 aromatic carbocycles. The topological polar surface area (TPSA) is 227 Å². The van der Waals surface area contributed by atoms with E-state index in [-0.39, 0.29) is 30.8 Å². The molecule has 0 radical (unpaired) electrons. The van der Waals surface area contributed by atoms with Crippen LogP contribution in [0.4, 0.5) is 0 Å². The summed E-state index contributed by atoms with van der Waals surface area (Å²) in [6.07, 6.45) is 0.197. The Morgan fingerprint density at radius 1 is 0.739 bits per heavy atom. The van der Waals surface area contributed by atoms with Crippen LogP contribution in [0.3, 0.4) is 0 Å². The van der Waals surface area contributed by atoms with Crippen LogP contribution in [-0.4, -0.2) is 79.4 Å². The van der Waals surface area contributed by atoms with Crippen LogP contribution >= 0.6 is 0 Å². The van der Waals surface area contributed by atoms with Gasteiger partial charge in [-0.1, -0.05) is 42.5 Å². The monoisotopic (exact) mass is 631 g/mol. The summed E-state index contributed by atoms with van der Waals surface area (Å²) in [4.78, 5) is 55.1. The fraction of sp³-hybridized carbons (Fsp3) is 0.273. The second kappa shape index (κ2) is 15.1. The molecule has 4 aromatic rings. The molecule has 4 rings (SSSR count). The number of carbonyl (C=O) groups is 4. The fourth-order valence-electron chi connectivity index (χ4n) is 4.98. The van der Waals surface area contributed by atoms with Crippen molar-refractivity contribution in [2.45, 2.75) is 56.5 Å². The number of aliphatic hydroxyl groups excluding tert-OH is 1. The molecule has 242 valence electrons. The number of hydrogen-bond acceptors (Lipinski definition) is 8. The molecule has 0 aliphatic heterocycles. The number of amides is 3. The Hall–Kier alpha value is -5.40. The number of hydrogen-bond donors (Lipinski definition) is 9. The van der Waals surface area contributed by atoms with Crippen molar-refractivity contribution in [3.63, 3.8) is 0 Å². The number of para-hydroxylation sites is 1. The average molecular weight is 632 g/mol. The molecular formula is C33H37N5O8. The summed E-state index contributed by atoms with van der Waals surface area (Å²) < 4.78 is 0. The van der Waals surface area contributed by atoms with Crippen molar-refractivity contribution in [3.05, 3.63) is 95.7 Å². The number of carboxylic acids is 1. The maximum atomic E-state index is 13.6. The summed E-state index contributed by atoms with van der Waals surface area (Å²) in [7, 11) is 0. The van der Waals surface area contributed by atoms with Gasteiger partial charge in [0.15, 0.2) is 0 Å². The largest absolute Gasteiger partial charge is 0.508 e. The molecule has 5 unspecified atom stereocenters. The number of aromatic hydroxyl groups is 2. The summed E-state index contributed by atoms with van der Waals surface area (Å²) in [6, 6.07) is 14.1. The number of aliphatic hydroxyl groups is 1. The van der Waals surface area contributed by atoms with Gasteiger partial charge in [0, 0.05) is 29.9 Å². The lowest BCUT2D eigenvalue weighted by Gasteiger charge is -2.26. The van der Waals surface area contributed by atoms with E-state index < -0.39 is 54.0 Å². The smallest absolute Gasteiger partial charge is 0.326 e. The maximum Gasteiger partial charge on any atom is 0.326 e. The van der Waals surface area contributed by atoms with Crippen LogP contribution in [-0.2, 0) is 38.4 Å². The highest BCUT2D eigenvalue weighted by Crippen LogP contribution is 2.19. The molecule has 3 amide bonds. The average Bonchev–Trinajstić information content (AvgIpc) is 3.43.